The van der Waals surface area contributed by atoms with Crippen LogP contribution in [0.2, 0.25) is 0 Å². The van der Waals surface area contributed by atoms with Gasteiger partial charge in [0.25, 0.3) is 5.91 Å². The lowest BCUT2D eigenvalue weighted by molar-refractivity contribution is 0.0957. The number of carbonyl (C=O) groups excluding carboxylic acids is 1. The summed E-state index contributed by atoms with van der Waals surface area (Å²) in [6.07, 6.45) is 3.64. The molecule has 132 valence electrons. The summed E-state index contributed by atoms with van der Waals surface area (Å²) in [5.41, 5.74) is 1.32. The van der Waals surface area contributed by atoms with E-state index in [4.69, 9.17) is 4.74 Å². The van der Waals surface area contributed by atoms with Crippen LogP contribution in [0.3, 0.4) is 0 Å². The fourth-order valence-electron chi connectivity index (χ4n) is 3.03. The molecule has 0 aromatic carbocycles. The van der Waals surface area contributed by atoms with Gasteiger partial charge in [-0.15, -0.1) is 0 Å². The molecule has 7 heteroatoms. The number of hydrogen-bond acceptors (Lipinski definition) is 6. The molecule has 7 nitrogen and oxygen atoms in total. The van der Waals surface area contributed by atoms with Gasteiger partial charge in [-0.1, -0.05) is 0 Å². The molecule has 0 radical (unpaired) electrons. The molecule has 2 aromatic rings. The van der Waals surface area contributed by atoms with Crippen molar-refractivity contribution < 1.29 is 9.53 Å². The second kappa shape index (κ2) is 7.46. The van der Waals surface area contributed by atoms with Gasteiger partial charge in [0.1, 0.15) is 29.2 Å². The molecule has 1 aliphatic heterocycles. The number of ether oxygens (including phenoxy) is 1. The molecule has 1 atom stereocenters. The molecular formula is C18H23N5O2. The van der Waals surface area contributed by atoms with Crippen molar-refractivity contribution in [3.8, 4) is 5.75 Å². The van der Waals surface area contributed by atoms with E-state index < -0.39 is 0 Å². The van der Waals surface area contributed by atoms with Gasteiger partial charge in [-0.05, 0) is 32.8 Å². The molecule has 25 heavy (non-hydrogen) atoms. The van der Waals surface area contributed by atoms with Gasteiger partial charge in [0.15, 0.2) is 0 Å². The van der Waals surface area contributed by atoms with Gasteiger partial charge in [0.05, 0.1) is 6.54 Å². The van der Waals surface area contributed by atoms with E-state index in [0.29, 0.717) is 11.4 Å². The first-order valence-corrected chi connectivity index (χ1v) is 8.47. The Morgan fingerprint density at radius 2 is 2.16 bits per heavy atom. The van der Waals surface area contributed by atoms with Gasteiger partial charge < -0.3 is 15.0 Å². The number of piperidine rings is 1. The topological polar surface area (TPSA) is 80.2 Å². The molecule has 1 fully saturated rings. The molecule has 0 bridgehead atoms. The molecular weight excluding hydrogens is 318 g/mol. The summed E-state index contributed by atoms with van der Waals surface area (Å²) in [5, 5.41) is 2.57. The van der Waals surface area contributed by atoms with Crippen molar-refractivity contribution >= 4 is 11.7 Å². The van der Waals surface area contributed by atoms with Gasteiger partial charge in [-0.2, -0.15) is 0 Å². The third kappa shape index (κ3) is 4.23. The highest BCUT2D eigenvalue weighted by Crippen LogP contribution is 2.22. The van der Waals surface area contributed by atoms with Crippen molar-refractivity contribution in [3.63, 3.8) is 0 Å². The lowest BCUT2D eigenvalue weighted by atomic mass is 10.1. The lowest BCUT2D eigenvalue weighted by Crippen LogP contribution is -2.41. The lowest BCUT2D eigenvalue weighted by Gasteiger charge is -2.33. The summed E-state index contributed by atoms with van der Waals surface area (Å²) in [6.45, 7) is 5.60. The van der Waals surface area contributed by atoms with Crippen molar-refractivity contribution in [1.82, 2.24) is 20.3 Å². The van der Waals surface area contributed by atoms with Crippen LogP contribution in [-0.4, -0.2) is 47.1 Å². The van der Waals surface area contributed by atoms with Gasteiger partial charge in [0, 0.05) is 37.6 Å². The Morgan fingerprint density at radius 3 is 2.92 bits per heavy atom. The highest BCUT2D eigenvalue weighted by Gasteiger charge is 2.23. The number of carbonyl (C=O) groups is 1. The summed E-state index contributed by atoms with van der Waals surface area (Å²) in [7, 11) is 1.59. The molecule has 1 saturated heterocycles. The number of aryl methyl sites for hydroxylation is 2. The Bertz CT molecular complexity index is 745. The standard InChI is InChI=1S/C18H23N5O2/c1-12-9-17(22-13(2)21-12)23-8-4-5-15(11-23)25-14-6-7-20-16(10-14)18(24)19-3/h6-7,9-10,15H,4-5,8,11H2,1-3H3,(H,19,24)/t15-/m0/s1. The second-order valence-corrected chi connectivity index (χ2v) is 6.20. The second-order valence-electron chi connectivity index (χ2n) is 6.20. The van der Waals surface area contributed by atoms with Crippen molar-refractivity contribution in [2.75, 3.05) is 25.0 Å². The molecule has 1 N–H and O–H groups in total. The maximum Gasteiger partial charge on any atom is 0.269 e. The van der Waals surface area contributed by atoms with E-state index in [1.807, 2.05) is 19.9 Å². The minimum atomic E-state index is -0.220. The number of anilines is 1. The first-order chi connectivity index (χ1) is 12.0. The summed E-state index contributed by atoms with van der Waals surface area (Å²) in [4.78, 5) is 26.9. The fraction of sp³-hybridized carbons (Fsp3) is 0.444. The average molecular weight is 341 g/mol. The maximum absolute atomic E-state index is 11.7. The van der Waals surface area contributed by atoms with E-state index in [0.717, 1.165) is 43.3 Å². The first-order valence-electron chi connectivity index (χ1n) is 8.47. The minimum absolute atomic E-state index is 0.0456. The molecule has 1 aliphatic rings. The molecule has 0 spiro atoms. The minimum Gasteiger partial charge on any atom is -0.488 e. The summed E-state index contributed by atoms with van der Waals surface area (Å²) in [5.74, 6) is 2.17. The number of amides is 1. The van der Waals surface area contributed by atoms with Crippen molar-refractivity contribution in [3.05, 3.63) is 41.6 Å². The van der Waals surface area contributed by atoms with Crippen LogP contribution in [0.1, 0.15) is 34.8 Å². The van der Waals surface area contributed by atoms with Crippen LogP contribution in [0.15, 0.2) is 24.4 Å². The molecule has 2 aromatic heterocycles. The van der Waals surface area contributed by atoms with E-state index >= 15 is 0 Å². The molecule has 0 aliphatic carbocycles. The van der Waals surface area contributed by atoms with Crippen LogP contribution in [-0.2, 0) is 0 Å². The third-order valence-corrected chi connectivity index (χ3v) is 4.15. The van der Waals surface area contributed by atoms with Gasteiger partial charge in [-0.3, -0.25) is 9.78 Å². The Balaban J connectivity index is 1.70. The van der Waals surface area contributed by atoms with E-state index in [9.17, 15) is 4.79 Å². The number of hydrogen-bond donors (Lipinski definition) is 1. The zero-order chi connectivity index (χ0) is 17.8. The van der Waals surface area contributed by atoms with E-state index in [1.165, 1.54) is 0 Å². The highest BCUT2D eigenvalue weighted by molar-refractivity contribution is 5.92. The van der Waals surface area contributed by atoms with Crippen molar-refractivity contribution in [1.29, 1.82) is 0 Å². The third-order valence-electron chi connectivity index (χ3n) is 4.15. The number of rotatable bonds is 4. The van der Waals surface area contributed by atoms with Crippen LogP contribution in [0, 0.1) is 13.8 Å². The van der Waals surface area contributed by atoms with Gasteiger partial charge in [-0.25, -0.2) is 9.97 Å². The molecule has 1 amide bonds. The largest absolute Gasteiger partial charge is 0.488 e. The quantitative estimate of drug-likeness (QED) is 0.915. The summed E-state index contributed by atoms with van der Waals surface area (Å²) >= 11 is 0. The fourth-order valence-corrected chi connectivity index (χ4v) is 3.03. The van der Waals surface area contributed by atoms with Crippen molar-refractivity contribution in [2.45, 2.75) is 32.8 Å². The van der Waals surface area contributed by atoms with E-state index in [2.05, 4.69) is 25.2 Å². The van der Waals surface area contributed by atoms with Gasteiger partial charge in [0.2, 0.25) is 0 Å². The monoisotopic (exact) mass is 341 g/mol. The zero-order valence-electron chi connectivity index (χ0n) is 14.8. The van der Waals surface area contributed by atoms with Gasteiger partial charge >= 0.3 is 0 Å². The van der Waals surface area contributed by atoms with Crippen LogP contribution < -0.4 is 15.0 Å². The molecule has 0 saturated carbocycles. The van der Waals surface area contributed by atoms with E-state index in [-0.39, 0.29) is 12.0 Å². The summed E-state index contributed by atoms with van der Waals surface area (Å²) < 4.78 is 6.10. The van der Waals surface area contributed by atoms with Crippen LogP contribution >= 0.6 is 0 Å². The maximum atomic E-state index is 11.7. The smallest absolute Gasteiger partial charge is 0.269 e. The molecule has 0 unspecified atom stereocenters. The molecule has 3 rings (SSSR count). The number of nitrogens with zero attached hydrogens (tertiary/aromatic N) is 4. The van der Waals surface area contributed by atoms with E-state index in [1.54, 1.807) is 25.4 Å². The van der Waals surface area contributed by atoms with Crippen LogP contribution in [0.25, 0.3) is 0 Å². The predicted octanol–water partition coefficient (Wildman–Crippen LogP) is 1.90. The Hall–Kier alpha value is -2.70. The Morgan fingerprint density at radius 1 is 1.32 bits per heavy atom. The van der Waals surface area contributed by atoms with Crippen LogP contribution in [0.5, 0.6) is 5.75 Å². The SMILES string of the molecule is CNC(=O)c1cc(O[C@H]2CCCN(c3cc(C)nc(C)n3)C2)ccn1. The Kier molecular flexibility index (Phi) is 5.11. The highest BCUT2D eigenvalue weighted by atomic mass is 16.5. The summed E-state index contributed by atoms with van der Waals surface area (Å²) in [6, 6.07) is 5.46. The predicted molar refractivity (Wildman–Crippen MR) is 95.0 cm³/mol. The molecule has 3 heterocycles. The normalized spacial score (nSPS) is 17.2. The van der Waals surface area contributed by atoms with Crippen LogP contribution in [0.4, 0.5) is 5.82 Å². The zero-order valence-corrected chi connectivity index (χ0v) is 14.8. The number of nitrogens with one attached hydrogen (secondary N) is 1. The number of pyridine rings is 1. The van der Waals surface area contributed by atoms with Crippen molar-refractivity contribution in [2.24, 2.45) is 0 Å². The first kappa shape index (κ1) is 17.1. The Labute approximate surface area is 147 Å². The number of aromatic nitrogens is 3. The average Bonchev–Trinajstić information content (AvgIpc) is 2.60.